The van der Waals surface area contributed by atoms with Crippen molar-refractivity contribution in [1.29, 1.82) is 0 Å². The Hall–Kier alpha value is -3.03. The molecule has 0 aliphatic heterocycles. The third-order valence-corrected chi connectivity index (χ3v) is 1.71. The van der Waals surface area contributed by atoms with Crippen LogP contribution < -0.4 is 14.2 Å². The zero-order valence-electron chi connectivity index (χ0n) is 9.36. The van der Waals surface area contributed by atoms with Crippen LogP contribution in [0.1, 0.15) is 0 Å². The Balaban J connectivity index is 3.20. The number of hydrogen-bond acceptors (Lipinski definition) is 6. The second-order valence-corrected chi connectivity index (χ2v) is 2.94. The first kappa shape index (κ1) is 14.0. The standard InChI is InChI=1S/C11H8O8/c1-2-8(12)17-6-4-3-5-7(18-10(13)14)9(6)19-11(15)16/h2-5H,1H2,(H,13,14)(H,15,16). The van der Waals surface area contributed by atoms with Crippen molar-refractivity contribution in [3.8, 4) is 17.2 Å². The number of esters is 1. The second-order valence-electron chi connectivity index (χ2n) is 2.94. The van der Waals surface area contributed by atoms with Crippen LogP contribution in [0.5, 0.6) is 17.2 Å². The van der Waals surface area contributed by atoms with Gasteiger partial charge in [-0.2, -0.15) is 0 Å². The fourth-order valence-corrected chi connectivity index (χ4v) is 1.09. The number of para-hydroxylation sites is 1. The molecular formula is C11H8O8. The summed E-state index contributed by atoms with van der Waals surface area (Å²) in [4.78, 5) is 32.0. The number of benzene rings is 1. The van der Waals surface area contributed by atoms with Gasteiger partial charge in [0.1, 0.15) is 0 Å². The molecule has 8 nitrogen and oxygen atoms in total. The number of ether oxygens (including phenoxy) is 3. The molecule has 0 aromatic heterocycles. The van der Waals surface area contributed by atoms with Crippen molar-refractivity contribution in [3.63, 3.8) is 0 Å². The molecule has 0 radical (unpaired) electrons. The molecule has 0 amide bonds. The molecule has 100 valence electrons. The van der Waals surface area contributed by atoms with Crippen LogP contribution in [0.25, 0.3) is 0 Å². The van der Waals surface area contributed by atoms with Gasteiger partial charge in [0, 0.05) is 6.08 Å². The van der Waals surface area contributed by atoms with Gasteiger partial charge in [-0.1, -0.05) is 12.6 Å². The van der Waals surface area contributed by atoms with Gasteiger partial charge < -0.3 is 24.4 Å². The molecule has 0 spiro atoms. The Morgan fingerprint density at radius 1 is 1.00 bits per heavy atom. The molecule has 1 aromatic carbocycles. The van der Waals surface area contributed by atoms with Gasteiger partial charge in [-0.25, -0.2) is 14.4 Å². The summed E-state index contributed by atoms with van der Waals surface area (Å²) in [6.45, 7) is 3.16. The Kier molecular flexibility index (Phi) is 4.47. The lowest BCUT2D eigenvalue weighted by molar-refractivity contribution is -0.129. The van der Waals surface area contributed by atoms with Crippen molar-refractivity contribution in [3.05, 3.63) is 30.9 Å². The quantitative estimate of drug-likeness (QED) is 0.367. The van der Waals surface area contributed by atoms with Crippen LogP contribution in [0.3, 0.4) is 0 Å². The van der Waals surface area contributed by atoms with E-state index in [4.69, 9.17) is 14.9 Å². The van der Waals surface area contributed by atoms with Crippen molar-refractivity contribution in [2.75, 3.05) is 0 Å². The van der Waals surface area contributed by atoms with E-state index in [2.05, 4.69) is 16.1 Å². The predicted molar refractivity (Wildman–Crippen MR) is 59.6 cm³/mol. The van der Waals surface area contributed by atoms with Gasteiger partial charge in [-0.3, -0.25) is 0 Å². The molecular weight excluding hydrogens is 260 g/mol. The maximum atomic E-state index is 11.1. The topological polar surface area (TPSA) is 119 Å². The highest BCUT2D eigenvalue weighted by atomic mass is 16.7. The zero-order valence-corrected chi connectivity index (χ0v) is 9.36. The first-order valence-corrected chi connectivity index (χ1v) is 4.73. The molecule has 0 aliphatic carbocycles. The van der Waals surface area contributed by atoms with Crippen LogP contribution in [0, 0.1) is 0 Å². The highest BCUT2D eigenvalue weighted by Crippen LogP contribution is 2.37. The number of carbonyl (C=O) groups excluding carboxylic acids is 1. The maximum absolute atomic E-state index is 11.1. The molecule has 0 unspecified atom stereocenters. The molecule has 0 aliphatic rings. The third-order valence-electron chi connectivity index (χ3n) is 1.71. The molecule has 8 heteroatoms. The van der Waals surface area contributed by atoms with E-state index in [1.807, 2.05) is 0 Å². The monoisotopic (exact) mass is 268 g/mol. The lowest BCUT2D eigenvalue weighted by Crippen LogP contribution is -2.11. The molecule has 0 atom stereocenters. The molecule has 19 heavy (non-hydrogen) atoms. The SMILES string of the molecule is C=CC(=O)Oc1cccc(OC(=O)O)c1OC(=O)O. The molecule has 1 aromatic rings. The lowest BCUT2D eigenvalue weighted by Gasteiger charge is -2.10. The van der Waals surface area contributed by atoms with E-state index in [9.17, 15) is 14.4 Å². The van der Waals surface area contributed by atoms with Gasteiger partial charge in [-0.05, 0) is 12.1 Å². The Bertz CT molecular complexity index is 533. The zero-order chi connectivity index (χ0) is 14.4. The summed E-state index contributed by atoms with van der Waals surface area (Å²) in [5.41, 5.74) is 0. The van der Waals surface area contributed by atoms with Crippen LogP contribution in [0.15, 0.2) is 30.9 Å². The average Bonchev–Trinajstić information content (AvgIpc) is 2.31. The summed E-state index contributed by atoms with van der Waals surface area (Å²) < 4.78 is 13.4. The first-order valence-electron chi connectivity index (χ1n) is 4.73. The second kappa shape index (κ2) is 6.05. The minimum absolute atomic E-state index is 0.314. The Labute approximate surface area is 106 Å². The smallest absolute Gasteiger partial charge is 0.449 e. The summed E-state index contributed by atoms with van der Waals surface area (Å²) in [7, 11) is 0. The van der Waals surface area contributed by atoms with Gasteiger partial charge >= 0.3 is 18.3 Å². The van der Waals surface area contributed by atoms with E-state index in [-0.39, 0.29) is 5.75 Å². The van der Waals surface area contributed by atoms with E-state index in [1.165, 1.54) is 12.1 Å². The highest BCUT2D eigenvalue weighted by Gasteiger charge is 2.19. The van der Waals surface area contributed by atoms with Gasteiger partial charge in [0.25, 0.3) is 0 Å². The van der Waals surface area contributed by atoms with E-state index in [0.29, 0.717) is 0 Å². The van der Waals surface area contributed by atoms with E-state index >= 15 is 0 Å². The van der Waals surface area contributed by atoms with Crippen LogP contribution in [0.2, 0.25) is 0 Å². The number of rotatable bonds is 4. The molecule has 0 fully saturated rings. The fourth-order valence-electron chi connectivity index (χ4n) is 1.09. The highest BCUT2D eigenvalue weighted by molar-refractivity contribution is 5.84. The Morgan fingerprint density at radius 2 is 1.53 bits per heavy atom. The van der Waals surface area contributed by atoms with Crippen molar-refractivity contribution < 1.29 is 38.8 Å². The van der Waals surface area contributed by atoms with Crippen molar-refractivity contribution in [2.24, 2.45) is 0 Å². The van der Waals surface area contributed by atoms with Gasteiger partial charge in [0.15, 0.2) is 11.5 Å². The summed E-state index contributed by atoms with van der Waals surface area (Å²) in [6, 6.07) is 3.63. The molecule has 2 N–H and O–H groups in total. The number of hydrogen-bond donors (Lipinski definition) is 2. The van der Waals surface area contributed by atoms with Gasteiger partial charge in [0.05, 0.1) is 0 Å². The average molecular weight is 268 g/mol. The van der Waals surface area contributed by atoms with Crippen molar-refractivity contribution in [1.82, 2.24) is 0 Å². The van der Waals surface area contributed by atoms with Crippen molar-refractivity contribution in [2.45, 2.75) is 0 Å². The van der Waals surface area contributed by atoms with E-state index < -0.39 is 29.8 Å². The summed E-state index contributed by atoms with van der Waals surface area (Å²) >= 11 is 0. The minimum atomic E-state index is -1.72. The fraction of sp³-hybridized carbons (Fsp3) is 0. The predicted octanol–water partition coefficient (Wildman–Crippen LogP) is 1.89. The minimum Gasteiger partial charge on any atom is -0.449 e. The third kappa shape index (κ3) is 4.04. The molecule has 0 saturated carbocycles. The van der Waals surface area contributed by atoms with Crippen LogP contribution in [-0.4, -0.2) is 28.5 Å². The Morgan fingerprint density at radius 3 is 2.00 bits per heavy atom. The largest absolute Gasteiger partial charge is 0.511 e. The summed E-state index contributed by atoms with van der Waals surface area (Å²) in [6.07, 6.45) is -2.56. The van der Waals surface area contributed by atoms with Crippen LogP contribution >= 0.6 is 0 Å². The van der Waals surface area contributed by atoms with Crippen LogP contribution in [0.4, 0.5) is 9.59 Å². The maximum Gasteiger partial charge on any atom is 0.511 e. The summed E-state index contributed by atoms with van der Waals surface area (Å²) in [5.74, 6) is -2.16. The van der Waals surface area contributed by atoms with Crippen LogP contribution in [-0.2, 0) is 4.79 Å². The van der Waals surface area contributed by atoms with E-state index in [0.717, 1.165) is 12.1 Å². The molecule has 1 rings (SSSR count). The van der Waals surface area contributed by atoms with E-state index in [1.54, 1.807) is 0 Å². The molecule has 0 heterocycles. The molecule has 0 bridgehead atoms. The number of carbonyl (C=O) groups is 3. The molecule has 0 saturated heterocycles. The lowest BCUT2D eigenvalue weighted by atomic mass is 10.3. The normalized spacial score (nSPS) is 9.26. The van der Waals surface area contributed by atoms with Gasteiger partial charge in [-0.15, -0.1) is 0 Å². The van der Waals surface area contributed by atoms with Crippen molar-refractivity contribution >= 4 is 18.3 Å². The summed E-state index contributed by atoms with van der Waals surface area (Å²) in [5, 5.41) is 17.1. The van der Waals surface area contributed by atoms with Gasteiger partial charge in [0.2, 0.25) is 5.75 Å². The first-order chi connectivity index (χ1) is 8.93. The number of carboxylic acid groups (broad SMARTS) is 2.